The molecule has 0 aliphatic carbocycles. The normalized spacial score (nSPS) is 14.5. The Hall–Kier alpha value is -3.58. The average Bonchev–Trinajstić information content (AvgIpc) is 3.14. The van der Waals surface area contributed by atoms with E-state index in [2.05, 4.69) is 15.5 Å². The van der Waals surface area contributed by atoms with E-state index >= 15 is 0 Å². The maximum absolute atomic E-state index is 14.2. The first kappa shape index (κ1) is 26.0. The second-order valence-corrected chi connectivity index (χ2v) is 8.68. The SMILES string of the molecule is CC(C)(C)OC(=O)N/C(=C\C(=O)N1CCn2c(nnc2C(F)(F)F)C1)Cc1cc(F)c(F)cc1F. The number of nitrogens with zero attached hydrogens (tertiary/aromatic N) is 4. The lowest BCUT2D eigenvalue weighted by Crippen LogP contribution is -2.39. The van der Waals surface area contributed by atoms with Crippen molar-refractivity contribution in [1.82, 2.24) is 25.0 Å². The van der Waals surface area contributed by atoms with Gasteiger partial charge in [0.2, 0.25) is 11.7 Å². The lowest BCUT2D eigenvalue weighted by atomic mass is 10.1. The lowest BCUT2D eigenvalue weighted by molar-refractivity contribution is -0.148. The molecule has 0 unspecified atom stereocenters. The molecule has 0 bridgehead atoms. The number of benzene rings is 1. The zero-order valence-corrected chi connectivity index (χ0v) is 18.8. The smallest absolute Gasteiger partial charge is 0.444 e. The summed E-state index contributed by atoms with van der Waals surface area (Å²) in [6, 6.07) is 0.912. The quantitative estimate of drug-likeness (QED) is 0.389. The van der Waals surface area contributed by atoms with Crippen LogP contribution in [-0.2, 0) is 35.2 Å². The van der Waals surface area contributed by atoms with Crippen molar-refractivity contribution in [1.29, 1.82) is 0 Å². The number of carbonyl (C=O) groups is 2. The molecular weight excluding hydrogens is 484 g/mol. The van der Waals surface area contributed by atoms with Crippen molar-refractivity contribution in [2.75, 3.05) is 6.54 Å². The first-order chi connectivity index (χ1) is 16.1. The zero-order chi connectivity index (χ0) is 26.1. The fraction of sp³-hybridized carbons (Fsp3) is 0.429. The van der Waals surface area contributed by atoms with Gasteiger partial charge in [-0.2, -0.15) is 13.2 Å². The Kier molecular flexibility index (Phi) is 7.13. The molecule has 1 aromatic heterocycles. The minimum atomic E-state index is -4.71. The third-order valence-electron chi connectivity index (χ3n) is 4.75. The highest BCUT2D eigenvalue weighted by Gasteiger charge is 2.39. The van der Waals surface area contributed by atoms with Crippen molar-refractivity contribution in [2.45, 2.75) is 52.1 Å². The fourth-order valence-electron chi connectivity index (χ4n) is 3.27. The summed E-state index contributed by atoms with van der Waals surface area (Å²) in [6.45, 7) is 4.06. The molecule has 1 aliphatic rings. The highest BCUT2D eigenvalue weighted by atomic mass is 19.4. The van der Waals surface area contributed by atoms with E-state index in [1.54, 1.807) is 20.8 Å². The van der Waals surface area contributed by atoms with Crippen LogP contribution in [0.25, 0.3) is 0 Å². The molecule has 1 N–H and O–H groups in total. The predicted molar refractivity (Wildman–Crippen MR) is 108 cm³/mol. The number of allylic oxidation sites excluding steroid dienone is 1. The Morgan fingerprint density at radius 2 is 1.71 bits per heavy atom. The van der Waals surface area contributed by atoms with Gasteiger partial charge in [0.25, 0.3) is 0 Å². The van der Waals surface area contributed by atoms with E-state index in [0.717, 1.165) is 15.5 Å². The largest absolute Gasteiger partial charge is 0.451 e. The number of alkyl halides is 3. The molecule has 8 nitrogen and oxygen atoms in total. The number of alkyl carbamates (subject to hydrolysis) is 1. The molecule has 0 spiro atoms. The van der Waals surface area contributed by atoms with Gasteiger partial charge >= 0.3 is 12.3 Å². The van der Waals surface area contributed by atoms with Crippen molar-refractivity contribution < 1.29 is 40.7 Å². The monoisotopic (exact) mass is 505 g/mol. The number of ether oxygens (including phenoxy) is 1. The van der Waals surface area contributed by atoms with Crippen LogP contribution >= 0.6 is 0 Å². The summed E-state index contributed by atoms with van der Waals surface area (Å²) in [4.78, 5) is 26.2. The number of rotatable bonds is 4. The standard InChI is InChI=1S/C21H21F6N5O3/c1-20(2,3)35-19(34)28-12(6-11-7-14(23)15(24)9-13(11)22)8-17(33)31-4-5-32-16(10-31)29-30-18(32)21(25,26)27/h7-9H,4-6,10H2,1-3H3,(H,28,34)/b12-8-. The van der Waals surface area contributed by atoms with E-state index in [1.165, 1.54) is 0 Å². The first-order valence-corrected chi connectivity index (χ1v) is 10.3. The van der Waals surface area contributed by atoms with Gasteiger partial charge in [0.15, 0.2) is 17.5 Å². The topological polar surface area (TPSA) is 89.4 Å². The molecule has 2 aromatic rings. The van der Waals surface area contributed by atoms with Crippen molar-refractivity contribution in [2.24, 2.45) is 0 Å². The van der Waals surface area contributed by atoms with Crippen LogP contribution in [0.1, 0.15) is 38.0 Å². The highest BCUT2D eigenvalue weighted by Crippen LogP contribution is 2.29. The fourth-order valence-corrected chi connectivity index (χ4v) is 3.27. The van der Waals surface area contributed by atoms with Gasteiger partial charge in [-0.3, -0.25) is 10.1 Å². The van der Waals surface area contributed by atoms with Crippen LogP contribution in [0.5, 0.6) is 0 Å². The van der Waals surface area contributed by atoms with E-state index in [9.17, 15) is 35.9 Å². The summed E-state index contributed by atoms with van der Waals surface area (Å²) < 4.78 is 86.1. The van der Waals surface area contributed by atoms with Gasteiger partial charge in [0.1, 0.15) is 11.4 Å². The molecule has 0 saturated heterocycles. The number of aromatic nitrogens is 3. The number of carbonyl (C=O) groups excluding carboxylic acids is 2. The van der Waals surface area contributed by atoms with Crippen LogP contribution in [-0.4, -0.2) is 43.8 Å². The number of amides is 2. The molecule has 0 atom stereocenters. The molecule has 0 radical (unpaired) electrons. The molecule has 0 saturated carbocycles. The number of fused-ring (bicyclic) bond motifs is 1. The van der Waals surface area contributed by atoms with Crippen molar-refractivity contribution >= 4 is 12.0 Å². The summed E-state index contributed by atoms with van der Waals surface area (Å²) in [5, 5.41) is 8.90. The summed E-state index contributed by atoms with van der Waals surface area (Å²) in [7, 11) is 0. The van der Waals surface area contributed by atoms with Gasteiger partial charge < -0.3 is 14.2 Å². The summed E-state index contributed by atoms with van der Waals surface area (Å²) >= 11 is 0. The van der Waals surface area contributed by atoms with Crippen LogP contribution in [0.4, 0.5) is 31.1 Å². The zero-order valence-electron chi connectivity index (χ0n) is 18.8. The molecule has 14 heteroatoms. The molecule has 1 aliphatic heterocycles. The second-order valence-electron chi connectivity index (χ2n) is 8.68. The molecule has 35 heavy (non-hydrogen) atoms. The molecule has 0 fully saturated rings. The molecular formula is C21H21F6N5O3. The van der Waals surface area contributed by atoms with E-state index in [-0.39, 0.29) is 36.7 Å². The van der Waals surface area contributed by atoms with E-state index < -0.39 is 53.5 Å². The summed E-state index contributed by atoms with van der Waals surface area (Å²) in [6.07, 6.45) is -5.32. The van der Waals surface area contributed by atoms with E-state index in [1.807, 2.05) is 0 Å². The molecule has 2 amide bonds. The van der Waals surface area contributed by atoms with Crippen molar-refractivity contribution in [3.63, 3.8) is 0 Å². The van der Waals surface area contributed by atoms with Crippen molar-refractivity contribution in [3.05, 3.63) is 58.6 Å². The number of nitrogens with one attached hydrogen (secondary N) is 1. The third kappa shape index (κ3) is 6.51. The third-order valence-corrected chi connectivity index (χ3v) is 4.75. The molecule has 190 valence electrons. The minimum absolute atomic E-state index is 0.0985. The Morgan fingerprint density at radius 3 is 2.34 bits per heavy atom. The molecule has 1 aromatic carbocycles. The first-order valence-electron chi connectivity index (χ1n) is 10.3. The Balaban J connectivity index is 1.85. The van der Waals surface area contributed by atoms with Crippen LogP contribution in [0.15, 0.2) is 23.9 Å². The Labute approximate surface area is 195 Å². The summed E-state index contributed by atoms with van der Waals surface area (Å²) in [5.74, 6) is -5.89. The van der Waals surface area contributed by atoms with E-state index in [4.69, 9.17) is 4.74 Å². The number of halogens is 6. The van der Waals surface area contributed by atoms with Gasteiger partial charge in [0.05, 0.1) is 6.54 Å². The molecule has 2 heterocycles. The Bertz CT molecular complexity index is 1170. The Morgan fingerprint density at radius 1 is 1.06 bits per heavy atom. The average molecular weight is 505 g/mol. The molecule has 3 rings (SSSR count). The summed E-state index contributed by atoms with van der Waals surface area (Å²) in [5.41, 5.74) is -1.48. The minimum Gasteiger partial charge on any atom is -0.444 e. The van der Waals surface area contributed by atoms with Gasteiger partial charge in [0, 0.05) is 37.3 Å². The predicted octanol–water partition coefficient (Wildman–Crippen LogP) is 3.71. The number of hydrogen-bond donors (Lipinski definition) is 1. The van der Waals surface area contributed by atoms with E-state index in [0.29, 0.717) is 12.1 Å². The van der Waals surface area contributed by atoms with Crippen molar-refractivity contribution in [3.8, 4) is 0 Å². The van der Waals surface area contributed by atoms with Crippen LogP contribution in [0.2, 0.25) is 0 Å². The van der Waals surface area contributed by atoms with Gasteiger partial charge in [-0.05, 0) is 32.4 Å². The van der Waals surface area contributed by atoms with Gasteiger partial charge in [-0.15, -0.1) is 10.2 Å². The highest BCUT2D eigenvalue weighted by molar-refractivity contribution is 5.89. The number of hydrogen-bond acceptors (Lipinski definition) is 5. The lowest BCUT2D eigenvalue weighted by Gasteiger charge is -2.27. The van der Waals surface area contributed by atoms with Crippen LogP contribution in [0.3, 0.4) is 0 Å². The maximum Gasteiger partial charge on any atom is 0.451 e. The van der Waals surface area contributed by atoms with Gasteiger partial charge in [-0.25, -0.2) is 18.0 Å². The van der Waals surface area contributed by atoms with Crippen LogP contribution < -0.4 is 5.32 Å². The van der Waals surface area contributed by atoms with Crippen LogP contribution in [0, 0.1) is 17.5 Å². The maximum atomic E-state index is 14.2. The van der Waals surface area contributed by atoms with Gasteiger partial charge in [-0.1, -0.05) is 0 Å². The second kappa shape index (κ2) is 9.58.